The van der Waals surface area contributed by atoms with E-state index in [0.717, 1.165) is 45.4 Å². The molecule has 0 fully saturated rings. The maximum Gasteiger partial charge on any atom is 0.256 e. The third-order valence-corrected chi connectivity index (χ3v) is 5.28. The molecule has 3 aromatic carbocycles. The van der Waals surface area contributed by atoms with E-state index in [1.54, 1.807) is 0 Å². The summed E-state index contributed by atoms with van der Waals surface area (Å²) in [6.07, 6.45) is 0.862. The minimum Gasteiger partial charge on any atom is -0.322 e. The number of pyridine rings is 1. The topological polar surface area (TPSA) is 42.0 Å². The molecule has 29 heavy (non-hydrogen) atoms. The highest BCUT2D eigenvalue weighted by Gasteiger charge is 2.16. The van der Waals surface area contributed by atoms with Crippen molar-refractivity contribution in [1.82, 2.24) is 4.98 Å². The Labute approximate surface area is 171 Å². The number of aromatic nitrogens is 1. The molecule has 0 aliphatic carbocycles. The lowest BCUT2D eigenvalue weighted by atomic mass is 9.99. The van der Waals surface area contributed by atoms with Gasteiger partial charge in [0.15, 0.2) is 0 Å². The molecule has 144 valence electrons. The summed E-state index contributed by atoms with van der Waals surface area (Å²) in [6, 6.07) is 24.0. The molecule has 0 radical (unpaired) electrons. The molecule has 3 heteroatoms. The number of aryl methyl sites for hydroxylation is 3. The van der Waals surface area contributed by atoms with E-state index in [2.05, 4.69) is 44.3 Å². The zero-order chi connectivity index (χ0) is 20.4. The number of hydrogen-bond donors (Lipinski definition) is 1. The number of nitrogens with zero attached hydrogens (tertiary/aromatic N) is 1. The molecular weight excluding hydrogens is 356 g/mol. The van der Waals surface area contributed by atoms with Crippen molar-refractivity contribution in [3.8, 4) is 11.3 Å². The fraction of sp³-hybridized carbons (Fsp3) is 0.154. The van der Waals surface area contributed by atoms with E-state index in [4.69, 9.17) is 4.98 Å². The minimum absolute atomic E-state index is 0.115. The van der Waals surface area contributed by atoms with Gasteiger partial charge in [-0.2, -0.15) is 0 Å². The van der Waals surface area contributed by atoms with Gasteiger partial charge in [-0.15, -0.1) is 0 Å². The standard InChI is InChI=1S/C26H24N2O/c1-4-19-9-5-7-11-23(19)28-26(29)22-16-25(21-15-17(2)13-14-18(21)3)27-24-12-8-6-10-20(22)24/h5-16H,4H2,1-3H3,(H,28,29). The summed E-state index contributed by atoms with van der Waals surface area (Å²) in [7, 11) is 0. The Bertz CT molecular complexity index is 1210. The monoisotopic (exact) mass is 380 g/mol. The molecule has 1 aromatic heterocycles. The average Bonchev–Trinajstić information content (AvgIpc) is 2.75. The smallest absolute Gasteiger partial charge is 0.256 e. The highest BCUT2D eigenvalue weighted by Crippen LogP contribution is 2.28. The number of carbonyl (C=O) groups excluding carboxylic acids is 1. The summed E-state index contributed by atoms with van der Waals surface area (Å²) in [5, 5.41) is 3.96. The molecular formula is C26H24N2O. The van der Waals surface area contributed by atoms with Crippen LogP contribution in [0.15, 0.2) is 72.8 Å². The van der Waals surface area contributed by atoms with E-state index in [9.17, 15) is 4.79 Å². The van der Waals surface area contributed by atoms with E-state index in [0.29, 0.717) is 5.56 Å². The van der Waals surface area contributed by atoms with Gasteiger partial charge >= 0.3 is 0 Å². The third kappa shape index (κ3) is 3.77. The van der Waals surface area contributed by atoms with E-state index in [-0.39, 0.29) is 5.91 Å². The molecule has 0 unspecified atom stereocenters. The van der Waals surface area contributed by atoms with Crippen LogP contribution in [0.4, 0.5) is 5.69 Å². The first-order chi connectivity index (χ1) is 14.1. The largest absolute Gasteiger partial charge is 0.322 e. The second-order valence-electron chi connectivity index (χ2n) is 7.36. The van der Waals surface area contributed by atoms with Crippen LogP contribution in [0.1, 0.15) is 34.0 Å². The van der Waals surface area contributed by atoms with Crippen LogP contribution in [0.3, 0.4) is 0 Å². The number of nitrogens with one attached hydrogen (secondary N) is 1. The van der Waals surface area contributed by atoms with Gasteiger partial charge in [0, 0.05) is 16.6 Å². The highest BCUT2D eigenvalue weighted by molar-refractivity contribution is 6.13. The molecule has 3 nitrogen and oxygen atoms in total. The van der Waals surface area contributed by atoms with E-state index in [1.807, 2.05) is 54.6 Å². The first-order valence-corrected chi connectivity index (χ1v) is 9.93. The molecule has 4 aromatic rings. The molecule has 0 atom stereocenters. The second-order valence-corrected chi connectivity index (χ2v) is 7.36. The third-order valence-electron chi connectivity index (χ3n) is 5.28. The van der Waals surface area contributed by atoms with E-state index in [1.165, 1.54) is 5.56 Å². The fourth-order valence-electron chi connectivity index (χ4n) is 3.65. The van der Waals surface area contributed by atoms with Crippen LogP contribution in [0.25, 0.3) is 22.2 Å². The lowest BCUT2D eigenvalue weighted by Crippen LogP contribution is -2.14. The SMILES string of the molecule is CCc1ccccc1NC(=O)c1cc(-c2cc(C)ccc2C)nc2ccccc12. The first kappa shape index (κ1) is 18.9. The van der Waals surface area contributed by atoms with Gasteiger partial charge in [0.25, 0.3) is 5.91 Å². The van der Waals surface area contributed by atoms with Crippen LogP contribution in [0.2, 0.25) is 0 Å². The van der Waals surface area contributed by atoms with Crippen molar-refractivity contribution in [2.75, 3.05) is 5.32 Å². The van der Waals surface area contributed by atoms with Crippen LogP contribution in [-0.4, -0.2) is 10.9 Å². The Hall–Kier alpha value is -3.46. The number of anilines is 1. The molecule has 1 heterocycles. The van der Waals surface area contributed by atoms with Crippen LogP contribution < -0.4 is 5.32 Å². The zero-order valence-electron chi connectivity index (χ0n) is 17.0. The van der Waals surface area contributed by atoms with Gasteiger partial charge in [0.1, 0.15) is 0 Å². The lowest BCUT2D eigenvalue weighted by Gasteiger charge is -2.14. The van der Waals surface area contributed by atoms with Gasteiger partial charge in [-0.25, -0.2) is 4.98 Å². The Morgan fingerprint density at radius 1 is 0.931 bits per heavy atom. The number of amides is 1. The predicted octanol–water partition coefficient (Wildman–Crippen LogP) is 6.33. The van der Waals surface area contributed by atoms with E-state index < -0.39 is 0 Å². The molecule has 4 rings (SSSR count). The minimum atomic E-state index is -0.115. The number of rotatable bonds is 4. The van der Waals surface area contributed by atoms with Crippen molar-refractivity contribution in [2.45, 2.75) is 27.2 Å². The van der Waals surface area contributed by atoms with Gasteiger partial charge < -0.3 is 5.32 Å². The number of benzene rings is 3. The molecule has 0 spiro atoms. The molecule has 1 N–H and O–H groups in total. The summed E-state index contributed by atoms with van der Waals surface area (Å²) in [4.78, 5) is 18.1. The lowest BCUT2D eigenvalue weighted by molar-refractivity contribution is 0.102. The second kappa shape index (κ2) is 7.88. The average molecular weight is 380 g/mol. The summed E-state index contributed by atoms with van der Waals surface area (Å²) < 4.78 is 0. The van der Waals surface area contributed by atoms with Crippen LogP contribution >= 0.6 is 0 Å². The van der Waals surface area contributed by atoms with Gasteiger partial charge in [-0.1, -0.05) is 61.0 Å². The van der Waals surface area contributed by atoms with Crippen molar-refractivity contribution in [2.24, 2.45) is 0 Å². The molecule has 0 aliphatic heterocycles. The zero-order valence-corrected chi connectivity index (χ0v) is 17.0. The molecule has 0 saturated heterocycles. The molecule has 1 amide bonds. The number of carbonyl (C=O) groups is 1. The van der Waals surface area contributed by atoms with E-state index >= 15 is 0 Å². The number of para-hydroxylation sites is 2. The maximum absolute atomic E-state index is 13.3. The van der Waals surface area contributed by atoms with Gasteiger partial charge in [0.05, 0.1) is 16.8 Å². The Morgan fingerprint density at radius 2 is 1.69 bits per heavy atom. The number of hydrogen-bond acceptors (Lipinski definition) is 2. The van der Waals surface area contributed by atoms with Gasteiger partial charge in [0.2, 0.25) is 0 Å². The highest BCUT2D eigenvalue weighted by atomic mass is 16.1. The predicted molar refractivity (Wildman–Crippen MR) is 120 cm³/mol. The quantitative estimate of drug-likeness (QED) is 0.449. The van der Waals surface area contributed by atoms with Crippen LogP contribution in [0, 0.1) is 13.8 Å². The summed E-state index contributed by atoms with van der Waals surface area (Å²) in [5.74, 6) is -0.115. The van der Waals surface area contributed by atoms with Gasteiger partial charge in [-0.3, -0.25) is 4.79 Å². The normalized spacial score (nSPS) is 10.9. The molecule has 0 saturated carbocycles. The van der Waals surface area contributed by atoms with Crippen molar-refractivity contribution < 1.29 is 4.79 Å². The summed E-state index contributed by atoms with van der Waals surface area (Å²) in [5.41, 5.74) is 7.61. The number of fused-ring (bicyclic) bond motifs is 1. The van der Waals surface area contributed by atoms with Crippen LogP contribution in [-0.2, 0) is 6.42 Å². The summed E-state index contributed by atoms with van der Waals surface area (Å²) >= 11 is 0. The Balaban J connectivity index is 1.85. The summed E-state index contributed by atoms with van der Waals surface area (Å²) in [6.45, 7) is 6.23. The Kier molecular flexibility index (Phi) is 5.13. The van der Waals surface area contributed by atoms with Crippen molar-refractivity contribution in [3.05, 3.63) is 95.1 Å². The van der Waals surface area contributed by atoms with Gasteiger partial charge in [-0.05, 0) is 55.7 Å². The van der Waals surface area contributed by atoms with Crippen molar-refractivity contribution in [1.29, 1.82) is 0 Å². The molecule has 0 aliphatic rings. The first-order valence-electron chi connectivity index (χ1n) is 9.93. The van der Waals surface area contributed by atoms with Crippen molar-refractivity contribution in [3.63, 3.8) is 0 Å². The van der Waals surface area contributed by atoms with Crippen molar-refractivity contribution >= 4 is 22.5 Å². The molecule has 0 bridgehead atoms. The fourth-order valence-corrected chi connectivity index (χ4v) is 3.65. The van der Waals surface area contributed by atoms with Crippen LogP contribution in [0.5, 0.6) is 0 Å². The Morgan fingerprint density at radius 3 is 2.52 bits per heavy atom. The maximum atomic E-state index is 13.3.